The molecule has 1 saturated carbocycles. The molecule has 0 saturated heterocycles. The van der Waals surface area contributed by atoms with Gasteiger partial charge < -0.3 is 10.6 Å². The number of halogens is 2. The van der Waals surface area contributed by atoms with E-state index in [9.17, 15) is 13.6 Å². The van der Waals surface area contributed by atoms with Crippen molar-refractivity contribution in [2.75, 3.05) is 12.4 Å². The summed E-state index contributed by atoms with van der Waals surface area (Å²) in [6.45, 7) is 0. The lowest BCUT2D eigenvalue weighted by molar-refractivity contribution is -0.120. The average molecular weight is 268 g/mol. The van der Waals surface area contributed by atoms with Crippen molar-refractivity contribution in [1.82, 2.24) is 5.32 Å². The quantitative estimate of drug-likeness (QED) is 0.885. The van der Waals surface area contributed by atoms with Crippen molar-refractivity contribution in [3.05, 3.63) is 29.8 Å². The van der Waals surface area contributed by atoms with Crippen molar-refractivity contribution in [1.29, 1.82) is 0 Å². The molecule has 0 radical (unpaired) electrons. The van der Waals surface area contributed by atoms with Crippen molar-refractivity contribution in [2.24, 2.45) is 5.92 Å². The monoisotopic (exact) mass is 268 g/mol. The lowest BCUT2D eigenvalue weighted by atomic mass is 9.85. The number of carbonyl (C=O) groups is 1. The number of benzene rings is 1. The summed E-state index contributed by atoms with van der Waals surface area (Å²) in [6.07, 6.45) is 3.41. The molecule has 0 atom stereocenters. The molecule has 0 aliphatic heterocycles. The van der Waals surface area contributed by atoms with E-state index >= 15 is 0 Å². The molecule has 1 aromatic carbocycles. The van der Waals surface area contributed by atoms with Gasteiger partial charge in [-0.25, -0.2) is 8.78 Å². The van der Waals surface area contributed by atoms with E-state index < -0.39 is 11.6 Å². The SMILES string of the molecule is CNC1CCC(C(=O)Nc2cc(F)ccc2F)CC1. The molecule has 2 N–H and O–H groups in total. The highest BCUT2D eigenvalue weighted by Crippen LogP contribution is 2.26. The lowest BCUT2D eigenvalue weighted by Gasteiger charge is -2.27. The summed E-state index contributed by atoms with van der Waals surface area (Å²) in [4.78, 5) is 12.0. The van der Waals surface area contributed by atoms with Crippen LogP contribution in [0, 0.1) is 17.6 Å². The minimum atomic E-state index is -0.612. The summed E-state index contributed by atoms with van der Waals surface area (Å²) in [5.41, 5.74) is -0.0826. The van der Waals surface area contributed by atoms with Crippen molar-refractivity contribution in [3.63, 3.8) is 0 Å². The number of hydrogen-bond donors (Lipinski definition) is 2. The van der Waals surface area contributed by atoms with Gasteiger partial charge in [0.25, 0.3) is 0 Å². The third-order valence-corrected chi connectivity index (χ3v) is 3.69. The average Bonchev–Trinajstić information content (AvgIpc) is 2.43. The molecule has 0 bridgehead atoms. The van der Waals surface area contributed by atoms with Crippen LogP contribution in [0.2, 0.25) is 0 Å². The predicted octanol–water partition coefficient (Wildman–Crippen LogP) is 2.68. The van der Waals surface area contributed by atoms with Crippen molar-refractivity contribution >= 4 is 11.6 Å². The second kappa shape index (κ2) is 6.10. The molecule has 0 heterocycles. The van der Waals surface area contributed by atoms with Crippen LogP contribution in [0.1, 0.15) is 25.7 Å². The van der Waals surface area contributed by atoms with E-state index in [-0.39, 0.29) is 17.5 Å². The van der Waals surface area contributed by atoms with Crippen molar-refractivity contribution < 1.29 is 13.6 Å². The number of rotatable bonds is 3. The first-order valence-electron chi connectivity index (χ1n) is 6.53. The Balaban J connectivity index is 1.96. The lowest BCUT2D eigenvalue weighted by Crippen LogP contribution is -2.34. The fourth-order valence-corrected chi connectivity index (χ4v) is 2.47. The van der Waals surface area contributed by atoms with Crippen LogP contribution in [0.3, 0.4) is 0 Å². The molecule has 0 aromatic heterocycles. The highest BCUT2D eigenvalue weighted by Gasteiger charge is 2.26. The van der Waals surface area contributed by atoms with Gasteiger partial charge in [-0.3, -0.25) is 4.79 Å². The molecule has 1 aliphatic carbocycles. The predicted molar refractivity (Wildman–Crippen MR) is 69.8 cm³/mol. The second-order valence-corrected chi connectivity index (χ2v) is 4.95. The van der Waals surface area contributed by atoms with Crippen LogP contribution >= 0.6 is 0 Å². The molecule has 104 valence electrons. The first-order chi connectivity index (χ1) is 9.10. The van der Waals surface area contributed by atoms with Crippen LogP contribution in [0.15, 0.2) is 18.2 Å². The van der Waals surface area contributed by atoms with E-state index in [4.69, 9.17) is 0 Å². The van der Waals surface area contributed by atoms with Gasteiger partial charge in [0.1, 0.15) is 11.6 Å². The van der Waals surface area contributed by atoms with Gasteiger partial charge in [0.15, 0.2) is 0 Å². The maximum Gasteiger partial charge on any atom is 0.227 e. The smallest absolute Gasteiger partial charge is 0.227 e. The van der Waals surface area contributed by atoms with E-state index in [1.807, 2.05) is 7.05 Å². The summed E-state index contributed by atoms with van der Waals surface area (Å²) in [5.74, 6) is -1.51. The molecule has 5 heteroatoms. The first-order valence-corrected chi connectivity index (χ1v) is 6.53. The zero-order valence-corrected chi connectivity index (χ0v) is 10.9. The van der Waals surface area contributed by atoms with E-state index in [0.717, 1.165) is 43.9 Å². The molecule has 3 nitrogen and oxygen atoms in total. The molecule has 1 amide bonds. The summed E-state index contributed by atoms with van der Waals surface area (Å²) < 4.78 is 26.4. The van der Waals surface area contributed by atoms with Crippen LogP contribution in [0.25, 0.3) is 0 Å². The fourth-order valence-electron chi connectivity index (χ4n) is 2.47. The molecule has 0 spiro atoms. The Hall–Kier alpha value is -1.49. The maximum atomic E-state index is 13.4. The molecular formula is C14H18F2N2O. The molecule has 19 heavy (non-hydrogen) atoms. The number of carbonyl (C=O) groups excluding carboxylic acids is 1. The van der Waals surface area contributed by atoms with E-state index in [0.29, 0.717) is 6.04 Å². The molecule has 1 aromatic rings. The van der Waals surface area contributed by atoms with Gasteiger partial charge in [-0.05, 0) is 44.9 Å². The molecule has 2 rings (SSSR count). The van der Waals surface area contributed by atoms with Gasteiger partial charge in [-0.1, -0.05) is 0 Å². The van der Waals surface area contributed by atoms with E-state index in [1.54, 1.807) is 0 Å². The van der Waals surface area contributed by atoms with Crippen LogP contribution in [-0.4, -0.2) is 19.0 Å². The number of hydrogen-bond acceptors (Lipinski definition) is 2. The molecule has 1 fully saturated rings. The van der Waals surface area contributed by atoms with Crippen molar-refractivity contribution in [2.45, 2.75) is 31.7 Å². The summed E-state index contributed by atoms with van der Waals surface area (Å²) in [7, 11) is 1.91. The molecule has 1 aliphatic rings. The van der Waals surface area contributed by atoms with E-state index in [2.05, 4.69) is 10.6 Å². The zero-order chi connectivity index (χ0) is 13.8. The van der Waals surface area contributed by atoms with Crippen LogP contribution in [0.4, 0.5) is 14.5 Å². The fraction of sp³-hybridized carbons (Fsp3) is 0.500. The summed E-state index contributed by atoms with van der Waals surface area (Å²) >= 11 is 0. The maximum absolute atomic E-state index is 13.4. The molecular weight excluding hydrogens is 250 g/mol. The zero-order valence-electron chi connectivity index (χ0n) is 10.9. The standard InChI is InChI=1S/C14H18F2N2O/c1-17-11-5-2-9(3-6-11)14(19)18-13-8-10(15)4-7-12(13)16/h4,7-9,11,17H,2-3,5-6H2,1H3,(H,18,19). The van der Waals surface area contributed by atoms with Gasteiger partial charge >= 0.3 is 0 Å². The highest BCUT2D eigenvalue weighted by atomic mass is 19.1. The Morgan fingerprint density at radius 3 is 2.53 bits per heavy atom. The van der Waals surface area contributed by atoms with Crippen LogP contribution in [0.5, 0.6) is 0 Å². The van der Waals surface area contributed by atoms with Crippen LogP contribution in [-0.2, 0) is 4.79 Å². The third kappa shape index (κ3) is 3.50. The Labute approximate surface area is 111 Å². The first kappa shape index (κ1) is 13.9. The van der Waals surface area contributed by atoms with Gasteiger partial charge in [0, 0.05) is 18.0 Å². The van der Waals surface area contributed by atoms with Gasteiger partial charge in [-0.15, -0.1) is 0 Å². The Morgan fingerprint density at radius 1 is 1.21 bits per heavy atom. The van der Waals surface area contributed by atoms with Gasteiger partial charge in [0.05, 0.1) is 5.69 Å². The largest absolute Gasteiger partial charge is 0.323 e. The van der Waals surface area contributed by atoms with Gasteiger partial charge in [0.2, 0.25) is 5.91 Å². The summed E-state index contributed by atoms with van der Waals surface area (Å²) in [6, 6.07) is 3.51. The number of nitrogens with one attached hydrogen (secondary N) is 2. The number of anilines is 1. The van der Waals surface area contributed by atoms with Crippen molar-refractivity contribution in [3.8, 4) is 0 Å². The topological polar surface area (TPSA) is 41.1 Å². The van der Waals surface area contributed by atoms with E-state index in [1.165, 1.54) is 0 Å². The minimum Gasteiger partial charge on any atom is -0.323 e. The highest BCUT2D eigenvalue weighted by molar-refractivity contribution is 5.92. The molecule has 0 unspecified atom stereocenters. The Kier molecular flexibility index (Phi) is 4.47. The third-order valence-electron chi connectivity index (χ3n) is 3.69. The van der Waals surface area contributed by atoms with Crippen LogP contribution < -0.4 is 10.6 Å². The Bertz CT molecular complexity index is 457. The minimum absolute atomic E-state index is 0.0826. The second-order valence-electron chi connectivity index (χ2n) is 4.95. The number of amides is 1. The Morgan fingerprint density at radius 2 is 1.89 bits per heavy atom. The normalized spacial score (nSPS) is 23.1. The van der Waals surface area contributed by atoms with Gasteiger partial charge in [-0.2, -0.15) is 0 Å². The summed E-state index contributed by atoms with van der Waals surface area (Å²) in [5, 5.41) is 5.67.